The van der Waals surface area contributed by atoms with Gasteiger partial charge in [-0.15, -0.1) is 0 Å². The van der Waals surface area contributed by atoms with Crippen molar-refractivity contribution in [3.8, 4) is 0 Å². The Morgan fingerprint density at radius 2 is 2.42 bits per heavy atom. The summed E-state index contributed by atoms with van der Waals surface area (Å²) >= 11 is 0. The van der Waals surface area contributed by atoms with Crippen LogP contribution >= 0.6 is 0 Å². The number of hydrogen-bond acceptors (Lipinski definition) is 5. The third-order valence-electron chi connectivity index (χ3n) is 3.33. The predicted octanol–water partition coefficient (Wildman–Crippen LogP) is -0.443. The van der Waals surface area contributed by atoms with Crippen LogP contribution in [-0.2, 0) is 26.0 Å². The second-order valence-electron chi connectivity index (χ2n) is 4.58. The molecule has 4 N–H and O–H groups in total. The molecule has 0 aromatic carbocycles. The highest BCUT2D eigenvalue weighted by Gasteiger charge is 2.36. The number of rotatable bonds is 6. The molecule has 1 aromatic rings. The first-order valence-corrected chi connectivity index (χ1v) is 7.50. The zero-order valence-electron chi connectivity index (χ0n) is 10.8. The van der Waals surface area contributed by atoms with E-state index in [0.717, 1.165) is 0 Å². The van der Waals surface area contributed by atoms with Crippen LogP contribution in [0.3, 0.4) is 0 Å². The van der Waals surface area contributed by atoms with Crippen molar-refractivity contribution in [2.75, 3.05) is 26.9 Å². The summed E-state index contributed by atoms with van der Waals surface area (Å²) in [6.07, 6.45) is 2.10. The first-order chi connectivity index (χ1) is 9.01. The number of aromatic amines is 1. The SMILES string of the molecule is COC1(CNS(=O)(=O)c2c[nH]c(CN)c2)CCOC1. The maximum Gasteiger partial charge on any atom is 0.242 e. The third kappa shape index (κ3) is 3.15. The number of methoxy groups -OCH3 is 1. The lowest BCUT2D eigenvalue weighted by atomic mass is 10.0. The van der Waals surface area contributed by atoms with Crippen molar-refractivity contribution in [1.29, 1.82) is 0 Å². The monoisotopic (exact) mass is 289 g/mol. The molecule has 1 aromatic heterocycles. The van der Waals surface area contributed by atoms with Crippen molar-refractivity contribution >= 4 is 10.0 Å². The van der Waals surface area contributed by atoms with Crippen LogP contribution in [0.1, 0.15) is 12.1 Å². The molecule has 2 heterocycles. The molecule has 0 spiro atoms. The van der Waals surface area contributed by atoms with Crippen molar-refractivity contribution < 1.29 is 17.9 Å². The molecule has 1 aliphatic heterocycles. The molecule has 1 fully saturated rings. The Kier molecular flexibility index (Phi) is 4.26. The molecule has 7 nitrogen and oxygen atoms in total. The second-order valence-corrected chi connectivity index (χ2v) is 6.35. The summed E-state index contributed by atoms with van der Waals surface area (Å²) in [6.45, 7) is 1.44. The van der Waals surface area contributed by atoms with Gasteiger partial charge >= 0.3 is 0 Å². The number of sulfonamides is 1. The summed E-state index contributed by atoms with van der Waals surface area (Å²) in [4.78, 5) is 2.99. The molecule has 0 aliphatic carbocycles. The Labute approximate surface area is 112 Å². The number of H-pyrrole nitrogens is 1. The molecule has 2 rings (SSSR count). The summed E-state index contributed by atoms with van der Waals surface area (Å²) in [5.41, 5.74) is 5.54. The molecule has 0 amide bonds. The quantitative estimate of drug-likeness (QED) is 0.658. The maximum absolute atomic E-state index is 12.1. The summed E-state index contributed by atoms with van der Waals surface area (Å²) in [7, 11) is -2.00. The Balaban J connectivity index is 2.05. The van der Waals surface area contributed by atoms with Crippen LogP contribution in [0.5, 0.6) is 0 Å². The molecule has 0 saturated carbocycles. The van der Waals surface area contributed by atoms with E-state index in [1.807, 2.05) is 0 Å². The predicted molar refractivity (Wildman–Crippen MR) is 69.0 cm³/mol. The van der Waals surface area contributed by atoms with Crippen LogP contribution in [0.25, 0.3) is 0 Å². The van der Waals surface area contributed by atoms with E-state index in [2.05, 4.69) is 9.71 Å². The van der Waals surface area contributed by atoms with Gasteiger partial charge in [0.15, 0.2) is 0 Å². The smallest absolute Gasteiger partial charge is 0.242 e. The zero-order valence-corrected chi connectivity index (χ0v) is 11.6. The van der Waals surface area contributed by atoms with Crippen molar-refractivity contribution in [1.82, 2.24) is 9.71 Å². The first-order valence-electron chi connectivity index (χ1n) is 6.01. The lowest BCUT2D eigenvalue weighted by Gasteiger charge is -2.25. The normalized spacial score (nSPS) is 23.9. The number of hydrogen-bond donors (Lipinski definition) is 3. The van der Waals surface area contributed by atoms with Crippen molar-refractivity contribution in [3.05, 3.63) is 18.0 Å². The fourth-order valence-corrected chi connectivity index (χ4v) is 3.09. The molecule has 1 atom stereocenters. The fourth-order valence-electron chi connectivity index (χ4n) is 1.96. The van der Waals surface area contributed by atoms with Crippen LogP contribution < -0.4 is 10.5 Å². The van der Waals surface area contributed by atoms with Gasteiger partial charge in [-0.25, -0.2) is 13.1 Å². The maximum atomic E-state index is 12.1. The standard InChI is InChI=1S/C11H19N3O4S/c1-17-11(2-3-18-8-11)7-14-19(15,16)10-4-9(5-12)13-6-10/h4,6,13-14H,2-3,5,7-8,12H2,1H3. The summed E-state index contributed by atoms with van der Waals surface area (Å²) in [5.74, 6) is 0. The van der Waals surface area contributed by atoms with Crippen LogP contribution in [0.15, 0.2) is 17.2 Å². The van der Waals surface area contributed by atoms with Crippen molar-refractivity contribution in [2.24, 2.45) is 5.73 Å². The van der Waals surface area contributed by atoms with Gasteiger partial charge in [-0.3, -0.25) is 0 Å². The van der Waals surface area contributed by atoms with Gasteiger partial charge in [0.2, 0.25) is 10.0 Å². The van der Waals surface area contributed by atoms with E-state index in [1.54, 1.807) is 7.11 Å². The van der Waals surface area contributed by atoms with Gasteiger partial charge in [0.25, 0.3) is 0 Å². The highest BCUT2D eigenvalue weighted by atomic mass is 32.2. The second kappa shape index (κ2) is 5.59. The molecular formula is C11H19N3O4S. The number of nitrogens with one attached hydrogen (secondary N) is 2. The molecule has 1 aliphatic rings. The van der Waals surface area contributed by atoms with Gasteiger partial charge in [-0.05, 0) is 6.07 Å². The van der Waals surface area contributed by atoms with E-state index in [1.165, 1.54) is 12.3 Å². The largest absolute Gasteiger partial charge is 0.378 e. The molecule has 1 unspecified atom stereocenters. The molecule has 0 bridgehead atoms. The van der Waals surface area contributed by atoms with Crippen molar-refractivity contribution in [2.45, 2.75) is 23.5 Å². The molecule has 108 valence electrons. The topological polar surface area (TPSA) is 106 Å². The average molecular weight is 289 g/mol. The number of aromatic nitrogens is 1. The van der Waals surface area contributed by atoms with Gasteiger partial charge < -0.3 is 20.2 Å². The van der Waals surface area contributed by atoms with E-state index >= 15 is 0 Å². The van der Waals surface area contributed by atoms with Gasteiger partial charge in [-0.2, -0.15) is 0 Å². The lowest BCUT2D eigenvalue weighted by Crippen LogP contribution is -2.44. The minimum absolute atomic E-state index is 0.179. The molecule has 1 saturated heterocycles. The van der Waals surface area contributed by atoms with E-state index in [-0.39, 0.29) is 18.0 Å². The Hall–Kier alpha value is -0.930. The fraction of sp³-hybridized carbons (Fsp3) is 0.636. The van der Waals surface area contributed by atoms with Crippen molar-refractivity contribution in [3.63, 3.8) is 0 Å². The minimum atomic E-state index is -3.56. The molecule has 8 heteroatoms. The van der Waals surface area contributed by atoms with Crippen LogP contribution in [0, 0.1) is 0 Å². The van der Waals surface area contributed by atoms with Gasteiger partial charge in [-0.1, -0.05) is 0 Å². The number of nitrogens with two attached hydrogens (primary N) is 1. The highest BCUT2D eigenvalue weighted by Crippen LogP contribution is 2.22. The van der Waals surface area contributed by atoms with E-state index in [4.69, 9.17) is 15.2 Å². The minimum Gasteiger partial charge on any atom is -0.378 e. The Morgan fingerprint density at radius 1 is 1.63 bits per heavy atom. The van der Waals surface area contributed by atoms with E-state index < -0.39 is 15.6 Å². The van der Waals surface area contributed by atoms with Gasteiger partial charge in [0, 0.05) is 45.1 Å². The molecule has 19 heavy (non-hydrogen) atoms. The summed E-state index contributed by atoms with van der Waals surface area (Å²) < 4.78 is 37.4. The summed E-state index contributed by atoms with van der Waals surface area (Å²) in [6, 6.07) is 1.52. The average Bonchev–Trinajstić information content (AvgIpc) is 3.06. The third-order valence-corrected chi connectivity index (χ3v) is 4.71. The van der Waals surface area contributed by atoms with Gasteiger partial charge in [0.05, 0.1) is 11.5 Å². The summed E-state index contributed by atoms with van der Waals surface area (Å²) in [5, 5.41) is 0. The molecular weight excluding hydrogens is 270 g/mol. The first kappa shape index (κ1) is 14.5. The Bertz CT molecular complexity index is 520. The Morgan fingerprint density at radius 3 is 2.95 bits per heavy atom. The highest BCUT2D eigenvalue weighted by molar-refractivity contribution is 7.89. The van der Waals surface area contributed by atoms with E-state index in [9.17, 15) is 8.42 Å². The van der Waals surface area contributed by atoms with Crippen LogP contribution in [-0.4, -0.2) is 45.9 Å². The van der Waals surface area contributed by atoms with Gasteiger partial charge in [0.1, 0.15) is 5.60 Å². The van der Waals surface area contributed by atoms with Crippen LogP contribution in [0.4, 0.5) is 0 Å². The number of ether oxygens (including phenoxy) is 2. The zero-order chi connectivity index (χ0) is 13.9. The lowest BCUT2D eigenvalue weighted by molar-refractivity contribution is -0.0120. The van der Waals surface area contributed by atoms with Crippen LogP contribution in [0.2, 0.25) is 0 Å². The van der Waals surface area contributed by atoms with E-state index in [0.29, 0.717) is 25.3 Å². The molecule has 0 radical (unpaired) electrons.